The van der Waals surface area contributed by atoms with Crippen LogP contribution in [0, 0.1) is 5.92 Å². The number of piperidine rings is 1. The Hall–Kier alpha value is -1.26. The van der Waals surface area contributed by atoms with Crippen LogP contribution in [0.4, 0.5) is 4.79 Å². The second kappa shape index (κ2) is 6.47. The minimum Gasteiger partial charge on any atom is -0.481 e. The lowest BCUT2D eigenvalue weighted by molar-refractivity contribution is -0.137. The topological polar surface area (TPSA) is 60.9 Å². The average Bonchev–Trinajstić information content (AvgIpc) is 2.30. The van der Waals surface area contributed by atoms with Gasteiger partial charge in [0.15, 0.2) is 0 Å². The van der Waals surface area contributed by atoms with Gasteiger partial charge >= 0.3 is 12.0 Å². The Morgan fingerprint density at radius 1 is 1.35 bits per heavy atom. The van der Waals surface area contributed by atoms with Gasteiger partial charge in [0, 0.05) is 26.2 Å². The second-order valence-electron chi connectivity index (χ2n) is 4.68. The average molecular weight is 242 g/mol. The maximum Gasteiger partial charge on any atom is 0.320 e. The molecule has 1 fully saturated rings. The lowest BCUT2D eigenvalue weighted by Crippen LogP contribution is -2.47. The fourth-order valence-electron chi connectivity index (χ4n) is 2.02. The highest BCUT2D eigenvalue weighted by Gasteiger charge is 2.24. The highest BCUT2D eigenvalue weighted by atomic mass is 16.4. The van der Waals surface area contributed by atoms with Crippen LogP contribution in [-0.4, -0.2) is 53.1 Å². The normalized spacial score (nSPS) is 16.9. The van der Waals surface area contributed by atoms with Gasteiger partial charge in [-0.1, -0.05) is 6.92 Å². The van der Waals surface area contributed by atoms with Gasteiger partial charge in [-0.25, -0.2) is 4.79 Å². The summed E-state index contributed by atoms with van der Waals surface area (Å²) in [6.45, 7) is 6.54. The monoisotopic (exact) mass is 242 g/mol. The van der Waals surface area contributed by atoms with Gasteiger partial charge in [-0.3, -0.25) is 4.79 Å². The zero-order valence-corrected chi connectivity index (χ0v) is 10.7. The van der Waals surface area contributed by atoms with E-state index in [9.17, 15) is 9.59 Å². The van der Waals surface area contributed by atoms with Crippen molar-refractivity contribution in [1.29, 1.82) is 0 Å². The van der Waals surface area contributed by atoms with Crippen LogP contribution in [0.15, 0.2) is 0 Å². The molecule has 2 amide bonds. The second-order valence-corrected chi connectivity index (χ2v) is 4.68. The molecule has 17 heavy (non-hydrogen) atoms. The molecule has 1 saturated heterocycles. The standard InChI is InChI=1S/C12H22N2O3/c1-3-13(9-6-11(15)16)12(17)14-7-4-10(2)5-8-14/h10H,3-9H2,1-2H3,(H,15,16). The smallest absolute Gasteiger partial charge is 0.320 e. The molecular formula is C12H22N2O3. The molecular weight excluding hydrogens is 220 g/mol. The number of aliphatic carboxylic acids is 1. The number of hydrogen-bond donors (Lipinski definition) is 1. The van der Waals surface area contributed by atoms with Crippen molar-refractivity contribution in [2.24, 2.45) is 5.92 Å². The van der Waals surface area contributed by atoms with Crippen LogP contribution >= 0.6 is 0 Å². The quantitative estimate of drug-likeness (QED) is 0.815. The molecule has 0 bridgehead atoms. The number of rotatable bonds is 4. The molecule has 5 nitrogen and oxygen atoms in total. The molecule has 1 rings (SSSR count). The van der Waals surface area contributed by atoms with Crippen molar-refractivity contribution in [3.8, 4) is 0 Å². The molecule has 1 heterocycles. The number of urea groups is 1. The summed E-state index contributed by atoms with van der Waals surface area (Å²) in [5.41, 5.74) is 0. The SMILES string of the molecule is CCN(CCC(=O)O)C(=O)N1CCC(C)CC1. The third-order valence-electron chi connectivity index (χ3n) is 3.30. The zero-order chi connectivity index (χ0) is 12.8. The number of hydrogen-bond acceptors (Lipinski definition) is 2. The molecule has 0 aromatic carbocycles. The van der Waals surface area contributed by atoms with Crippen LogP contribution in [0.5, 0.6) is 0 Å². The van der Waals surface area contributed by atoms with E-state index in [0.717, 1.165) is 25.9 Å². The van der Waals surface area contributed by atoms with Gasteiger partial charge in [0.25, 0.3) is 0 Å². The van der Waals surface area contributed by atoms with Crippen LogP contribution < -0.4 is 0 Å². The lowest BCUT2D eigenvalue weighted by atomic mass is 9.99. The van der Waals surface area contributed by atoms with Crippen molar-refractivity contribution < 1.29 is 14.7 Å². The molecule has 5 heteroatoms. The van der Waals surface area contributed by atoms with Crippen LogP contribution in [0.1, 0.15) is 33.1 Å². The zero-order valence-electron chi connectivity index (χ0n) is 10.7. The van der Waals surface area contributed by atoms with Crippen LogP contribution in [-0.2, 0) is 4.79 Å². The maximum absolute atomic E-state index is 12.1. The highest BCUT2D eigenvalue weighted by Crippen LogP contribution is 2.17. The van der Waals surface area contributed by atoms with Crippen LogP contribution in [0.25, 0.3) is 0 Å². The third-order valence-corrected chi connectivity index (χ3v) is 3.30. The number of amides is 2. The fraction of sp³-hybridized carbons (Fsp3) is 0.833. The minimum absolute atomic E-state index is 0.0133. The molecule has 0 unspecified atom stereocenters. The van der Waals surface area contributed by atoms with Crippen molar-refractivity contribution in [2.75, 3.05) is 26.2 Å². The molecule has 0 aliphatic carbocycles. The molecule has 0 saturated carbocycles. The first-order chi connectivity index (χ1) is 8.04. The number of carbonyl (C=O) groups is 2. The Morgan fingerprint density at radius 3 is 2.41 bits per heavy atom. The van der Waals surface area contributed by atoms with Gasteiger partial charge in [0.05, 0.1) is 6.42 Å². The van der Waals surface area contributed by atoms with E-state index in [1.165, 1.54) is 0 Å². The van der Waals surface area contributed by atoms with Gasteiger partial charge in [-0.05, 0) is 25.7 Å². The van der Waals surface area contributed by atoms with E-state index >= 15 is 0 Å². The van der Waals surface area contributed by atoms with E-state index in [4.69, 9.17) is 5.11 Å². The summed E-state index contributed by atoms with van der Waals surface area (Å²) in [5.74, 6) is -0.170. The summed E-state index contributed by atoms with van der Waals surface area (Å²) in [7, 11) is 0. The van der Waals surface area contributed by atoms with Gasteiger partial charge < -0.3 is 14.9 Å². The number of carbonyl (C=O) groups excluding carboxylic acids is 1. The van der Waals surface area contributed by atoms with E-state index in [1.54, 1.807) is 4.90 Å². The first kappa shape index (κ1) is 13.8. The van der Waals surface area contributed by atoms with Gasteiger partial charge in [0.2, 0.25) is 0 Å². The fourth-order valence-corrected chi connectivity index (χ4v) is 2.02. The molecule has 0 aromatic rings. The van der Waals surface area contributed by atoms with E-state index in [0.29, 0.717) is 19.0 Å². The summed E-state index contributed by atoms with van der Waals surface area (Å²) in [6.07, 6.45) is 2.11. The molecule has 0 radical (unpaired) electrons. The van der Waals surface area contributed by atoms with Crippen molar-refractivity contribution >= 4 is 12.0 Å². The van der Waals surface area contributed by atoms with E-state index in [-0.39, 0.29) is 12.5 Å². The Morgan fingerprint density at radius 2 is 1.94 bits per heavy atom. The first-order valence-electron chi connectivity index (χ1n) is 6.30. The molecule has 0 aromatic heterocycles. The number of nitrogens with zero attached hydrogens (tertiary/aromatic N) is 2. The van der Waals surface area contributed by atoms with Crippen molar-refractivity contribution in [3.05, 3.63) is 0 Å². The highest BCUT2D eigenvalue weighted by molar-refractivity contribution is 5.75. The van der Waals surface area contributed by atoms with Gasteiger partial charge in [-0.2, -0.15) is 0 Å². The predicted molar refractivity (Wildman–Crippen MR) is 64.9 cm³/mol. The molecule has 1 N–H and O–H groups in total. The molecule has 98 valence electrons. The first-order valence-corrected chi connectivity index (χ1v) is 6.30. The molecule has 0 spiro atoms. The van der Waals surface area contributed by atoms with Gasteiger partial charge in [0.1, 0.15) is 0 Å². The summed E-state index contributed by atoms with van der Waals surface area (Å²) in [6, 6.07) is -0.0133. The molecule has 1 aliphatic rings. The predicted octanol–water partition coefficient (Wildman–Crippen LogP) is 1.63. The van der Waals surface area contributed by atoms with E-state index in [2.05, 4.69) is 6.92 Å². The van der Waals surface area contributed by atoms with Crippen molar-refractivity contribution in [3.63, 3.8) is 0 Å². The Kier molecular flexibility index (Phi) is 5.25. The third kappa shape index (κ3) is 4.24. The summed E-state index contributed by atoms with van der Waals surface area (Å²) in [4.78, 5) is 26.1. The molecule has 0 atom stereocenters. The summed E-state index contributed by atoms with van der Waals surface area (Å²) in [5, 5.41) is 8.63. The minimum atomic E-state index is -0.858. The van der Waals surface area contributed by atoms with Gasteiger partial charge in [-0.15, -0.1) is 0 Å². The lowest BCUT2D eigenvalue weighted by Gasteiger charge is -2.34. The maximum atomic E-state index is 12.1. The van der Waals surface area contributed by atoms with E-state index < -0.39 is 5.97 Å². The summed E-state index contributed by atoms with van der Waals surface area (Å²) >= 11 is 0. The van der Waals surface area contributed by atoms with Crippen LogP contribution in [0.2, 0.25) is 0 Å². The number of likely N-dealkylation sites (tertiary alicyclic amines) is 1. The Labute approximate surface area is 102 Å². The Balaban J connectivity index is 2.45. The summed E-state index contributed by atoms with van der Waals surface area (Å²) < 4.78 is 0. The Bertz CT molecular complexity index is 273. The van der Waals surface area contributed by atoms with E-state index in [1.807, 2.05) is 11.8 Å². The number of carboxylic acids is 1. The number of carboxylic acid groups (broad SMARTS) is 1. The largest absolute Gasteiger partial charge is 0.481 e. The van der Waals surface area contributed by atoms with Crippen LogP contribution in [0.3, 0.4) is 0 Å². The van der Waals surface area contributed by atoms with Crippen molar-refractivity contribution in [1.82, 2.24) is 9.80 Å². The van der Waals surface area contributed by atoms with Crippen molar-refractivity contribution in [2.45, 2.75) is 33.1 Å². The molecule has 1 aliphatic heterocycles.